The molecule has 2 aromatic carbocycles. The van der Waals surface area contributed by atoms with Crippen molar-refractivity contribution in [1.82, 2.24) is 5.32 Å². The molecule has 6 heteroatoms. The summed E-state index contributed by atoms with van der Waals surface area (Å²) in [6.07, 6.45) is 3.74. The van der Waals surface area contributed by atoms with Crippen molar-refractivity contribution in [3.63, 3.8) is 0 Å². The van der Waals surface area contributed by atoms with Crippen LogP contribution < -0.4 is 5.32 Å². The van der Waals surface area contributed by atoms with Crippen molar-refractivity contribution < 1.29 is 18.5 Å². The van der Waals surface area contributed by atoms with Gasteiger partial charge in [0.2, 0.25) is 5.91 Å². The second-order valence-electron chi connectivity index (χ2n) is 7.20. The van der Waals surface area contributed by atoms with E-state index in [0.29, 0.717) is 5.56 Å². The summed E-state index contributed by atoms with van der Waals surface area (Å²) in [4.78, 5) is 13.1. The highest BCUT2D eigenvalue weighted by molar-refractivity contribution is 7.84. The SMILES string of the molecule is CC1=C(CC(=O)NC(C)CO)c2cc(F)ccc2C1=Cc1ccc(S(C)=O)cc1. The van der Waals surface area contributed by atoms with Crippen LogP contribution in [0.25, 0.3) is 17.2 Å². The van der Waals surface area contributed by atoms with Crippen molar-refractivity contribution >= 4 is 33.9 Å². The van der Waals surface area contributed by atoms with Crippen LogP contribution in [0.2, 0.25) is 0 Å². The van der Waals surface area contributed by atoms with Crippen LogP contribution in [0.4, 0.5) is 4.39 Å². The molecule has 0 spiro atoms. The Labute approximate surface area is 172 Å². The largest absolute Gasteiger partial charge is 0.394 e. The van der Waals surface area contributed by atoms with Crippen LogP contribution in [0, 0.1) is 5.82 Å². The number of amides is 1. The summed E-state index contributed by atoms with van der Waals surface area (Å²) in [5.41, 5.74) is 5.16. The van der Waals surface area contributed by atoms with Crippen LogP contribution in [0.5, 0.6) is 0 Å². The number of hydrogen-bond donors (Lipinski definition) is 2. The van der Waals surface area contributed by atoms with E-state index in [1.54, 1.807) is 19.2 Å². The van der Waals surface area contributed by atoms with E-state index < -0.39 is 10.8 Å². The Morgan fingerprint density at radius 2 is 1.90 bits per heavy atom. The highest BCUT2D eigenvalue weighted by atomic mass is 32.2. The summed E-state index contributed by atoms with van der Waals surface area (Å²) in [5, 5.41) is 11.9. The summed E-state index contributed by atoms with van der Waals surface area (Å²) < 4.78 is 25.5. The molecule has 152 valence electrons. The van der Waals surface area contributed by atoms with E-state index >= 15 is 0 Å². The fraction of sp³-hybridized carbons (Fsp3) is 0.261. The Balaban J connectivity index is 2.00. The molecule has 2 atom stereocenters. The number of benzene rings is 2. The lowest BCUT2D eigenvalue weighted by Gasteiger charge is -2.12. The molecule has 0 saturated heterocycles. The number of nitrogens with one attached hydrogen (secondary N) is 1. The lowest BCUT2D eigenvalue weighted by molar-refractivity contribution is -0.120. The molecule has 1 aliphatic rings. The number of rotatable bonds is 6. The highest BCUT2D eigenvalue weighted by Gasteiger charge is 2.26. The van der Waals surface area contributed by atoms with Gasteiger partial charge in [0.1, 0.15) is 5.82 Å². The minimum absolute atomic E-state index is 0.109. The normalized spacial score (nSPS) is 16.7. The van der Waals surface area contributed by atoms with E-state index in [2.05, 4.69) is 5.32 Å². The molecule has 0 saturated carbocycles. The lowest BCUT2D eigenvalue weighted by Crippen LogP contribution is -2.34. The fourth-order valence-corrected chi connectivity index (χ4v) is 3.96. The number of carbonyl (C=O) groups excluding carboxylic acids is 1. The summed E-state index contributed by atoms with van der Waals surface area (Å²) in [7, 11) is -1.04. The Kier molecular flexibility index (Phi) is 6.45. The van der Waals surface area contributed by atoms with E-state index in [1.165, 1.54) is 12.1 Å². The minimum Gasteiger partial charge on any atom is -0.394 e. The van der Waals surface area contributed by atoms with E-state index in [1.807, 2.05) is 37.3 Å². The number of halogens is 1. The van der Waals surface area contributed by atoms with E-state index in [-0.39, 0.29) is 30.8 Å². The van der Waals surface area contributed by atoms with Crippen molar-refractivity contribution in [3.05, 3.63) is 70.5 Å². The van der Waals surface area contributed by atoms with Crippen LogP contribution in [-0.2, 0) is 15.6 Å². The summed E-state index contributed by atoms with van der Waals surface area (Å²) in [5.74, 6) is -0.568. The maximum Gasteiger partial charge on any atom is 0.224 e. The first kappa shape index (κ1) is 21.1. The zero-order valence-electron chi connectivity index (χ0n) is 16.7. The standard InChI is InChI=1S/C23H24FNO3S/c1-14(13-26)25-23(27)12-21-15(2)20(19-9-6-17(24)11-22(19)21)10-16-4-7-18(8-5-16)29(3)28/h4-11,14,26H,12-13H2,1-3H3,(H,25,27). The Bertz CT molecular complexity index is 1020. The molecule has 3 rings (SSSR count). The van der Waals surface area contributed by atoms with E-state index in [4.69, 9.17) is 5.11 Å². The maximum absolute atomic E-state index is 13.9. The van der Waals surface area contributed by atoms with Crippen molar-refractivity contribution in [3.8, 4) is 0 Å². The third kappa shape index (κ3) is 4.71. The maximum atomic E-state index is 13.9. The van der Waals surface area contributed by atoms with Gasteiger partial charge in [-0.2, -0.15) is 0 Å². The van der Waals surface area contributed by atoms with Gasteiger partial charge in [-0.3, -0.25) is 9.00 Å². The molecule has 0 fully saturated rings. The number of allylic oxidation sites excluding steroid dienone is 2. The molecule has 0 aromatic heterocycles. The highest BCUT2D eigenvalue weighted by Crippen LogP contribution is 2.43. The monoisotopic (exact) mass is 413 g/mol. The van der Waals surface area contributed by atoms with Crippen molar-refractivity contribution in [2.75, 3.05) is 12.9 Å². The second kappa shape index (κ2) is 8.84. The molecule has 0 heterocycles. The Morgan fingerprint density at radius 3 is 2.52 bits per heavy atom. The summed E-state index contributed by atoms with van der Waals surface area (Å²) in [6.45, 7) is 3.51. The molecule has 0 aliphatic heterocycles. The molecule has 0 bridgehead atoms. The molecule has 2 unspecified atom stereocenters. The van der Waals surface area contributed by atoms with Gasteiger partial charge in [0.15, 0.2) is 0 Å². The van der Waals surface area contributed by atoms with Crippen LogP contribution in [0.1, 0.15) is 37.0 Å². The zero-order chi connectivity index (χ0) is 21.1. The van der Waals surface area contributed by atoms with Crippen LogP contribution in [0.3, 0.4) is 0 Å². The third-order valence-electron chi connectivity index (χ3n) is 5.00. The first-order chi connectivity index (χ1) is 13.8. The van der Waals surface area contributed by atoms with E-state index in [9.17, 15) is 13.4 Å². The molecule has 1 aliphatic carbocycles. The molecule has 29 heavy (non-hydrogen) atoms. The minimum atomic E-state index is -1.04. The van der Waals surface area contributed by atoms with Gasteiger partial charge in [0.05, 0.1) is 13.0 Å². The van der Waals surface area contributed by atoms with Gasteiger partial charge in [0, 0.05) is 28.0 Å². The van der Waals surface area contributed by atoms with Crippen LogP contribution in [-0.4, -0.2) is 34.1 Å². The zero-order valence-corrected chi connectivity index (χ0v) is 17.5. The average Bonchev–Trinajstić information content (AvgIpc) is 2.93. The number of aliphatic hydroxyl groups is 1. The molecule has 2 N–H and O–H groups in total. The molecule has 0 radical (unpaired) electrons. The van der Waals surface area contributed by atoms with Gasteiger partial charge >= 0.3 is 0 Å². The first-order valence-electron chi connectivity index (χ1n) is 9.36. The molecular formula is C23H24FNO3S. The van der Waals surface area contributed by atoms with E-state index in [0.717, 1.165) is 32.7 Å². The molecule has 1 amide bonds. The summed E-state index contributed by atoms with van der Waals surface area (Å²) >= 11 is 0. The number of fused-ring (bicyclic) bond motifs is 1. The van der Waals surface area contributed by atoms with Gasteiger partial charge < -0.3 is 10.4 Å². The van der Waals surface area contributed by atoms with Crippen LogP contribution >= 0.6 is 0 Å². The third-order valence-corrected chi connectivity index (χ3v) is 5.93. The van der Waals surface area contributed by atoms with Gasteiger partial charge in [-0.15, -0.1) is 0 Å². The molecule has 2 aromatic rings. The average molecular weight is 414 g/mol. The Hall–Kier alpha value is -2.57. The topological polar surface area (TPSA) is 66.4 Å². The van der Waals surface area contributed by atoms with Crippen molar-refractivity contribution in [1.29, 1.82) is 0 Å². The number of hydrogen-bond acceptors (Lipinski definition) is 3. The smallest absolute Gasteiger partial charge is 0.224 e. The van der Waals surface area contributed by atoms with Gasteiger partial charge in [-0.25, -0.2) is 4.39 Å². The second-order valence-corrected chi connectivity index (χ2v) is 8.58. The lowest BCUT2D eigenvalue weighted by atomic mass is 10.0. The predicted octanol–water partition coefficient (Wildman–Crippen LogP) is 3.78. The number of aliphatic hydroxyl groups excluding tert-OH is 1. The van der Waals surface area contributed by atoms with Crippen molar-refractivity contribution in [2.24, 2.45) is 0 Å². The van der Waals surface area contributed by atoms with Gasteiger partial charge in [0.25, 0.3) is 0 Å². The predicted molar refractivity (Wildman–Crippen MR) is 115 cm³/mol. The summed E-state index contributed by atoms with van der Waals surface area (Å²) in [6, 6.07) is 11.7. The van der Waals surface area contributed by atoms with Crippen molar-refractivity contribution in [2.45, 2.75) is 31.2 Å². The quantitative estimate of drug-likeness (QED) is 0.758. The van der Waals surface area contributed by atoms with Crippen LogP contribution in [0.15, 0.2) is 52.9 Å². The molecule has 4 nitrogen and oxygen atoms in total. The fourth-order valence-electron chi connectivity index (χ4n) is 3.44. The van der Waals surface area contributed by atoms with Gasteiger partial charge in [-0.1, -0.05) is 18.2 Å². The number of carbonyl (C=O) groups is 1. The first-order valence-corrected chi connectivity index (χ1v) is 10.9. The van der Waals surface area contributed by atoms with Gasteiger partial charge in [-0.05, 0) is 77.6 Å². The molecular weight excluding hydrogens is 389 g/mol. The Morgan fingerprint density at radius 1 is 1.21 bits per heavy atom.